The van der Waals surface area contributed by atoms with Crippen LogP contribution in [0.5, 0.6) is 5.88 Å². The summed E-state index contributed by atoms with van der Waals surface area (Å²) in [5.74, 6) is 0.163. The Balaban J connectivity index is 1.47. The average molecular weight is 361 g/mol. The normalized spacial score (nSPS) is 16.6. The zero-order valence-corrected chi connectivity index (χ0v) is 14.7. The smallest absolute Gasteiger partial charge is 0.252 e. The van der Waals surface area contributed by atoms with E-state index in [0.717, 1.165) is 19.3 Å². The van der Waals surface area contributed by atoms with Gasteiger partial charge in [0.05, 0.1) is 18.8 Å². The Labute approximate surface area is 152 Å². The molecule has 0 saturated carbocycles. The van der Waals surface area contributed by atoms with Crippen molar-refractivity contribution in [3.05, 3.63) is 58.7 Å². The molecule has 0 bridgehead atoms. The molecule has 1 unspecified atom stereocenters. The number of carbonyl (C=O) groups excluding carboxylic acids is 1. The van der Waals surface area contributed by atoms with Gasteiger partial charge in [-0.25, -0.2) is 4.98 Å². The lowest BCUT2D eigenvalue weighted by molar-refractivity contribution is 0.0952. The van der Waals surface area contributed by atoms with Gasteiger partial charge in [-0.3, -0.25) is 4.79 Å². The van der Waals surface area contributed by atoms with Gasteiger partial charge in [0, 0.05) is 19.2 Å². The van der Waals surface area contributed by atoms with Crippen molar-refractivity contribution >= 4 is 17.5 Å². The van der Waals surface area contributed by atoms with E-state index in [1.165, 1.54) is 11.8 Å². The molecule has 0 spiro atoms. The molecule has 5 nitrogen and oxygen atoms in total. The van der Waals surface area contributed by atoms with Crippen molar-refractivity contribution in [1.82, 2.24) is 10.3 Å². The van der Waals surface area contributed by atoms with Crippen LogP contribution in [0.1, 0.15) is 28.8 Å². The van der Waals surface area contributed by atoms with Gasteiger partial charge >= 0.3 is 0 Å². The lowest BCUT2D eigenvalue weighted by atomic mass is 10.1. The van der Waals surface area contributed by atoms with Gasteiger partial charge in [0.25, 0.3) is 5.91 Å². The minimum atomic E-state index is -0.182. The number of rotatable bonds is 7. The Morgan fingerprint density at radius 2 is 2.20 bits per heavy atom. The van der Waals surface area contributed by atoms with E-state index in [0.29, 0.717) is 36.2 Å². The molecule has 6 heteroatoms. The minimum Gasteiger partial charge on any atom is -0.471 e. The van der Waals surface area contributed by atoms with Crippen LogP contribution in [0.3, 0.4) is 0 Å². The molecule has 1 aliphatic rings. The van der Waals surface area contributed by atoms with Gasteiger partial charge in [-0.05, 0) is 24.5 Å². The molecule has 1 saturated heterocycles. The van der Waals surface area contributed by atoms with Crippen molar-refractivity contribution in [3.63, 3.8) is 0 Å². The molecule has 1 aliphatic heterocycles. The molecule has 1 N–H and O–H groups in total. The fraction of sp³-hybridized carbons (Fsp3) is 0.368. The number of nitrogens with zero attached hydrogens (tertiary/aromatic N) is 1. The lowest BCUT2D eigenvalue weighted by Gasteiger charge is -2.12. The third-order valence-corrected chi connectivity index (χ3v) is 4.28. The number of halogens is 1. The highest BCUT2D eigenvalue weighted by Crippen LogP contribution is 2.25. The number of aromatic nitrogens is 1. The Morgan fingerprint density at radius 3 is 2.92 bits per heavy atom. The van der Waals surface area contributed by atoms with Crippen LogP contribution in [0.15, 0.2) is 42.6 Å². The number of hydrogen-bond donors (Lipinski definition) is 1. The Morgan fingerprint density at radius 1 is 1.36 bits per heavy atom. The van der Waals surface area contributed by atoms with E-state index < -0.39 is 0 Å². The van der Waals surface area contributed by atoms with E-state index in [-0.39, 0.29) is 12.0 Å². The van der Waals surface area contributed by atoms with E-state index in [4.69, 9.17) is 21.1 Å². The summed E-state index contributed by atoms with van der Waals surface area (Å²) in [4.78, 5) is 16.4. The van der Waals surface area contributed by atoms with Crippen LogP contribution in [0.2, 0.25) is 5.02 Å². The van der Waals surface area contributed by atoms with Crippen molar-refractivity contribution in [2.75, 3.05) is 19.8 Å². The largest absolute Gasteiger partial charge is 0.471 e. The second-order valence-electron chi connectivity index (χ2n) is 5.96. The zero-order valence-electron chi connectivity index (χ0n) is 13.9. The molecule has 1 aromatic heterocycles. The van der Waals surface area contributed by atoms with Gasteiger partial charge in [-0.1, -0.05) is 41.9 Å². The zero-order chi connectivity index (χ0) is 17.5. The van der Waals surface area contributed by atoms with Gasteiger partial charge in [-0.2, -0.15) is 0 Å². The summed E-state index contributed by atoms with van der Waals surface area (Å²) >= 11 is 6.18. The molecule has 0 radical (unpaired) electrons. The topological polar surface area (TPSA) is 60.5 Å². The summed E-state index contributed by atoms with van der Waals surface area (Å²) < 4.78 is 10.9. The fourth-order valence-electron chi connectivity index (χ4n) is 2.64. The fourth-order valence-corrected chi connectivity index (χ4v) is 2.85. The van der Waals surface area contributed by atoms with E-state index in [1.54, 1.807) is 6.07 Å². The minimum absolute atomic E-state index is 0.0253. The molecular weight excluding hydrogens is 340 g/mol. The first kappa shape index (κ1) is 17.7. The van der Waals surface area contributed by atoms with E-state index in [2.05, 4.69) is 22.4 Å². The predicted molar refractivity (Wildman–Crippen MR) is 96.2 cm³/mol. The van der Waals surface area contributed by atoms with Crippen LogP contribution >= 0.6 is 11.6 Å². The van der Waals surface area contributed by atoms with Crippen LogP contribution < -0.4 is 10.1 Å². The number of pyridine rings is 1. The molecule has 2 aromatic rings. The van der Waals surface area contributed by atoms with Crippen LogP contribution in [-0.2, 0) is 11.2 Å². The van der Waals surface area contributed by atoms with Gasteiger partial charge in [0.2, 0.25) is 5.88 Å². The molecule has 1 amide bonds. The molecule has 1 aromatic carbocycles. The molecular formula is C19H21ClN2O3. The summed E-state index contributed by atoms with van der Waals surface area (Å²) in [5, 5.41) is 3.23. The average Bonchev–Trinajstić information content (AvgIpc) is 3.14. The summed E-state index contributed by atoms with van der Waals surface area (Å²) in [6, 6.07) is 11.8. The summed E-state index contributed by atoms with van der Waals surface area (Å²) in [5.41, 5.74) is 1.69. The molecule has 1 atom stereocenters. The van der Waals surface area contributed by atoms with Crippen LogP contribution in [0.4, 0.5) is 0 Å². The molecule has 132 valence electrons. The van der Waals surface area contributed by atoms with Crippen molar-refractivity contribution in [2.24, 2.45) is 0 Å². The first-order valence-electron chi connectivity index (χ1n) is 8.44. The summed E-state index contributed by atoms with van der Waals surface area (Å²) in [6.07, 6.45) is 4.09. The number of amides is 1. The van der Waals surface area contributed by atoms with E-state index >= 15 is 0 Å². The van der Waals surface area contributed by atoms with Crippen LogP contribution in [0, 0.1) is 0 Å². The van der Waals surface area contributed by atoms with Crippen molar-refractivity contribution in [2.45, 2.75) is 25.4 Å². The molecule has 2 heterocycles. The van der Waals surface area contributed by atoms with Gasteiger partial charge in [0.15, 0.2) is 0 Å². The first-order chi connectivity index (χ1) is 12.2. The molecule has 25 heavy (non-hydrogen) atoms. The Bertz CT molecular complexity index is 703. The highest BCUT2D eigenvalue weighted by molar-refractivity contribution is 6.32. The van der Waals surface area contributed by atoms with E-state index in [9.17, 15) is 4.79 Å². The Hall–Kier alpha value is -2.11. The second kappa shape index (κ2) is 8.83. The molecule has 1 fully saturated rings. The standard InChI is InChI=1S/C19H21ClN2O3/c20-17-11-15(12-22-19(17)25-16-8-10-24-13-16)18(23)21-9-4-7-14-5-2-1-3-6-14/h1-3,5-6,11-12,16H,4,7-10,13H2,(H,21,23). The van der Waals surface area contributed by atoms with Crippen LogP contribution in [0.25, 0.3) is 0 Å². The third-order valence-electron chi connectivity index (χ3n) is 4.01. The number of nitrogens with one attached hydrogen (secondary N) is 1. The highest BCUT2D eigenvalue weighted by Gasteiger charge is 2.19. The highest BCUT2D eigenvalue weighted by atomic mass is 35.5. The number of hydrogen-bond acceptors (Lipinski definition) is 4. The molecule has 3 rings (SSSR count). The number of carbonyl (C=O) groups is 1. The van der Waals surface area contributed by atoms with Crippen molar-refractivity contribution in [3.8, 4) is 5.88 Å². The SMILES string of the molecule is O=C(NCCCc1ccccc1)c1cnc(OC2CCOC2)c(Cl)c1. The predicted octanol–water partition coefficient (Wildman–Crippen LogP) is 3.27. The maximum atomic E-state index is 12.2. The Kier molecular flexibility index (Phi) is 6.25. The second-order valence-corrected chi connectivity index (χ2v) is 6.37. The lowest BCUT2D eigenvalue weighted by Crippen LogP contribution is -2.25. The maximum Gasteiger partial charge on any atom is 0.252 e. The van der Waals surface area contributed by atoms with Gasteiger partial charge in [-0.15, -0.1) is 0 Å². The van der Waals surface area contributed by atoms with Crippen molar-refractivity contribution < 1.29 is 14.3 Å². The molecule has 0 aliphatic carbocycles. The van der Waals surface area contributed by atoms with Gasteiger partial charge in [0.1, 0.15) is 11.1 Å². The quantitative estimate of drug-likeness (QED) is 0.770. The number of benzene rings is 1. The monoisotopic (exact) mass is 360 g/mol. The third kappa shape index (κ3) is 5.18. The number of aryl methyl sites for hydroxylation is 1. The van der Waals surface area contributed by atoms with Crippen LogP contribution in [-0.4, -0.2) is 36.8 Å². The first-order valence-corrected chi connectivity index (χ1v) is 8.82. The summed E-state index contributed by atoms with van der Waals surface area (Å²) in [6.45, 7) is 1.83. The van der Waals surface area contributed by atoms with Gasteiger partial charge < -0.3 is 14.8 Å². The van der Waals surface area contributed by atoms with Crippen molar-refractivity contribution in [1.29, 1.82) is 0 Å². The summed E-state index contributed by atoms with van der Waals surface area (Å²) in [7, 11) is 0. The van der Waals surface area contributed by atoms with E-state index in [1.807, 2.05) is 18.2 Å². The maximum absolute atomic E-state index is 12.2. The number of ether oxygens (including phenoxy) is 2.